The van der Waals surface area contributed by atoms with E-state index < -0.39 is 0 Å². The molecule has 2 rings (SSSR count). The van der Waals surface area contributed by atoms with Crippen LogP contribution in [0.4, 0.5) is 0 Å². The Hall–Kier alpha value is -1.59. The summed E-state index contributed by atoms with van der Waals surface area (Å²) >= 11 is 1.59. The topological polar surface area (TPSA) is 61.0 Å². The highest BCUT2D eigenvalue weighted by molar-refractivity contribution is 7.99. The Morgan fingerprint density at radius 1 is 1.14 bits per heavy atom. The Balaban J connectivity index is 2.30. The molecule has 2 atom stereocenters. The van der Waals surface area contributed by atoms with Gasteiger partial charge < -0.3 is 10.5 Å². The van der Waals surface area contributed by atoms with E-state index in [0.29, 0.717) is 0 Å². The molecule has 5 heteroatoms. The summed E-state index contributed by atoms with van der Waals surface area (Å²) in [4.78, 5) is 8.98. The van der Waals surface area contributed by atoms with Gasteiger partial charge in [-0.1, -0.05) is 23.9 Å². The van der Waals surface area contributed by atoms with E-state index in [1.54, 1.807) is 18.9 Å². The van der Waals surface area contributed by atoms with Gasteiger partial charge in [0, 0.05) is 17.4 Å². The van der Waals surface area contributed by atoms with Crippen LogP contribution in [-0.2, 0) is 0 Å². The van der Waals surface area contributed by atoms with E-state index in [2.05, 4.69) is 16.0 Å². The fraction of sp³-hybridized carbons (Fsp3) is 0.375. The highest BCUT2D eigenvalue weighted by Crippen LogP contribution is 2.36. The number of ether oxygens (including phenoxy) is 1. The number of aryl methyl sites for hydroxylation is 2. The maximum atomic E-state index is 6.17. The van der Waals surface area contributed by atoms with Crippen LogP contribution in [0.15, 0.2) is 35.5 Å². The van der Waals surface area contributed by atoms with Crippen molar-refractivity contribution in [1.82, 2.24) is 9.97 Å². The zero-order valence-electron chi connectivity index (χ0n) is 12.8. The van der Waals surface area contributed by atoms with E-state index in [-0.39, 0.29) is 11.3 Å². The third-order valence-corrected chi connectivity index (χ3v) is 4.44. The number of nitrogens with two attached hydrogens (primary N) is 1. The fourth-order valence-corrected chi connectivity index (χ4v) is 3.28. The summed E-state index contributed by atoms with van der Waals surface area (Å²) in [5.74, 6) is 0.833. The number of thioether (sulfide) groups is 1. The molecule has 1 heterocycles. The molecule has 0 spiro atoms. The molecule has 0 bridgehead atoms. The van der Waals surface area contributed by atoms with Crippen molar-refractivity contribution in [2.75, 3.05) is 7.11 Å². The molecule has 1 aromatic heterocycles. The minimum Gasteiger partial charge on any atom is -0.497 e. The molecule has 0 saturated carbocycles. The predicted octanol–water partition coefficient (Wildman–Crippen LogP) is 3.28. The number of hydrogen-bond donors (Lipinski definition) is 1. The summed E-state index contributed by atoms with van der Waals surface area (Å²) < 4.78 is 5.29. The SMILES string of the molecule is COc1cccc(C(Sc2nc(C)cc(C)n2)C(C)N)c1. The van der Waals surface area contributed by atoms with E-state index in [1.807, 2.05) is 45.0 Å². The first-order valence-electron chi connectivity index (χ1n) is 6.88. The second-order valence-corrected chi connectivity index (χ2v) is 6.22. The van der Waals surface area contributed by atoms with Gasteiger partial charge in [-0.05, 0) is 44.5 Å². The minimum absolute atomic E-state index is 0.0217. The summed E-state index contributed by atoms with van der Waals surface area (Å²) in [7, 11) is 1.67. The van der Waals surface area contributed by atoms with Crippen LogP contribution in [0.1, 0.15) is 29.1 Å². The average Bonchev–Trinajstić information content (AvgIpc) is 2.43. The van der Waals surface area contributed by atoms with Crippen molar-refractivity contribution in [2.24, 2.45) is 5.73 Å². The van der Waals surface area contributed by atoms with Crippen LogP contribution in [0.5, 0.6) is 5.75 Å². The zero-order valence-corrected chi connectivity index (χ0v) is 13.6. The molecule has 0 radical (unpaired) electrons. The second kappa shape index (κ2) is 6.91. The van der Waals surface area contributed by atoms with Crippen molar-refractivity contribution in [3.8, 4) is 5.75 Å². The predicted molar refractivity (Wildman–Crippen MR) is 86.7 cm³/mol. The number of benzene rings is 1. The van der Waals surface area contributed by atoms with Gasteiger partial charge in [0.2, 0.25) is 0 Å². The van der Waals surface area contributed by atoms with Crippen LogP contribution >= 0.6 is 11.8 Å². The molecule has 2 aromatic rings. The summed E-state index contributed by atoms with van der Waals surface area (Å²) in [5.41, 5.74) is 9.23. The lowest BCUT2D eigenvalue weighted by Crippen LogP contribution is -2.23. The van der Waals surface area contributed by atoms with Gasteiger partial charge >= 0.3 is 0 Å². The van der Waals surface area contributed by atoms with Crippen LogP contribution in [0.2, 0.25) is 0 Å². The Bertz CT molecular complexity index is 596. The smallest absolute Gasteiger partial charge is 0.188 e. The first kappa shape index (κ1) is 15.8. The average molecular weight is 303 g/mol. The standard InChI is InChI=1S/C16H21N3OS/c1-10-8-11(2)19-16(18-10)21-15(12(3)17)13-6-5-7-14(9-13)20-4/h5-9,12,15H,17H2,1-4H3. The zero-order chi connectivity index (χ0) is 15.4. The number of rotatable bonds is 5. The Morgan fingerprint density at radius 2 is 1.81 bits per heavy atom. The first-order chi connectivity index (χ1) is 9.99. The van der Waals surface area contributed by atoms with Gasteiger partial charge in [-0.3, -0.25) is 0 Å². The second-order valence-electron chi connectivity index (χ2n) is 5.11. The minimum atomic E-state index is -0.0217. The lowest BCUT2D eigenvalue weighted by atomic mass is 10.1. The fourth-order valence-electron chi connectivity index (χ4n) is 2.16. The lowest BCUT2D eigenvalue weighted by Gasteiger charge is -2.20. The molecule has 1 aromatic carbocycles. The van der Waals surface area contributed by atoms with E-state index in [4.69, 9.17) is 10.5 Å². The third-order valence-electron chi connectivity index (χ3n) is 3.09. The number of hydrogen-bond acceptors (Lipinski definition) is 5. The molecule has 2 unspecified atom stereocenters. The number of nitrogens with zero attached hydrogens (tertiary/aromatic N) is 2. The summed E-state index contributed by atoms with van der Waals surface area (Å²) in [6.45, 7) is 5.95. The van der Waals surface area contributed by atoms with Gasteiger partial charge in [0.1, 0.15) is 5.75 Å². The summed E-state index contributed by atoms with van der Waals surface area (Å²) in [5, 5.41) is 0.846. The van der Waals surface area contributed by atoms with Gasteiger partial charge in [-0.15, -0.1) is 0 Å². The normalized spacial score (nSPS) is 13.8. The van der Waals surface area contributed by atoms with Gasteiger partial charge in [0.25, 0.3) is 0 Å². The van der Waals surface area contributed by atoms with Crippen molar-refractivity contribution in [3.05, 3.63) is 47.3 Å². The van der Waals surface area contributed by atoms with E-state index in [9.17, 15) is 0 Å². The van der Waals surface area contributed by atoms with Crippen LogP contribution in [0.25, 0.3) is 0 Å². The molecule has 0 aliphatic heterocycles. The third kappa shape index (κ3) is 4.19. The van der Waals surface area contributed by atoms with E-state index >= 15 is 0 Å². The Kier molecular flexibility index (Phi) is 5.20. The molecule has 112 valence electrons. The highest BCUT2D eigenvalue weighted by Gasteiger charge is 2.20. The van der Waals surface area contributed by atoms with Crippen LogP contribution < -0.4 is 10.5 Å². The van der Waals surface area contributed by atoms with Crippen LogP contribution in [0, 0.1) is 13.8 Å². The highest BCUT2D eigenvalue weighted by atomic mass is 32.2. The Morgan fingerprint density at radius 3 is 2.38 bits per heavy atom. The number of methoxy groups -OCH3 is 1. The molecule has 21 heavy (non-hydrogen) atoms. The monoisotopic (exact) mass is 303 g/mol. The van der Waals surface area contributed by atoms with Crippen molar-refractivity contribution < 1.29 is 4.74 Å². The van der Waals surface area contributed by atoms with Gasteiger partial charge in [-0.2, -0.15) is 0 Å². The maximum absolute atomic E-state index is 6.17. The Labute approximate surface area is 130 Å². The quantitative estimate of drug-likeness (QED) is 0.678. The molecule has 4 nitrogen and oxygen atoms in total. The molecule has 0 aliphatic rings. The van der Waals surface area contributed by atoms with Gasteiger partial charge in [0.05, 0.1) is 12.4 Å². The molecule has 0 aliphatic carbocycles. The van der Waals surface area contributed by atoms with Gasteiger partial charge in [-0.25, -0.2) is 9.97 Å². The van der Waals surface area contributed by atoms with Gasteiger partial charge in [0.15, 0.2) is 5.16 Å². The van der Waals surface area contributed by atoms with Crippen molar-refractivity contribution in [3.63, 3.8) is 0 Å². The molecular formula is C16H21N3OS. The first-order valence-corrected chi connectivity index (χ1v) is 7.76. The number of aromatic nitrogens is 2. The summed E-state index contributed by atoms with van der Waals surface area (Å²) in [6.07, 6.45) is 0. The molecular weight excluding hydrogens is 282 g/mol. The maximum Gasteiger partial charge on any atom is 0.188 e. The molecule has 0 fully saturated rings. The molecule has 0 saturated heterocycles. The van der Waals surface area contributed by atoms with Crippen molar-refractivity contribution in [2.45, 2.75) is 37.2 Å². The van der Waals surface area contributed by atoms with Crippen LogP contribution in [0.3, 0.4) is 0 Å². The largest absolute Gasteiger partial charge is 0.497 e. The lowest BCUT2D eigenvalue weighted by molar-refractivity contribution is 0.414. The van der Waals surface area contributed by atoms with Crippen molar-refractivity contribution in [1.29, 1.82) is 0 Å². The van der Waals surface area contributed by atoms with E-state index in [1.165, 1.54) is 0 Å². The van der Waals surface area contributed by atoms with Crippen molar-refractivity contribution >= 4 is 11.8 Å². The molecule has 0 amide bonds. The van der Waals surface area contributed by atoms with Crippen LogP contribution in [-0.4, -0.2) is 23.1 Å². The molecule has 2 N–H and O–H groups in total. The van der Waals surface area contributed by atoms with E-state index in [0.717, 1.165) is 27.9 Å². The summed E-state index contributed by atoms with van der Waals surface area (Å²) in [6, 6.07) is 9.94.